The summed E-state index contributed by atoms with van der Waals surface area (Å²) in [6, 6.07) is 6.93. The van der Waals surface area contributed by atoms with Gasteiger partial charge in [0.25, 0.3) is 0 Å². The van der Waals surface area contributed by atoms with Gasteiger partial charge in [-0.25, -0.2) is 14.3 Å². The van der Waals surface area contributed by atoms with Crippen LogP contribution in [0.4, 0.5) is 5.69 Å². The monoisotopic (exact) mass is 312 g/mol. The van der Waals surface area contributed by atoms with Gasteiger partial charge in [-0.05, 0) is 24.3 Å². The van der Waals surface area contributed by atoms with Crippen LogP contribution in [0.2, 0.25) is 0 Å². The Bertz CT molecular complexity index is 844. The number of methoxy groups -OCH3 is 2. The molecule has 0 spiro atoms. The van der Waals surface area contributed by atoms with E-state index < -0.39 is 5.97 Å². The summed E-state index contributed by atoms with van der Waals surface area (Å²) in [4.78, 5) is 15.9. The van der Waals surface area contributed by atoms with Crippen LogP contribution in [-0.4, -0.2) is 34.8 Å². The van der Waals surface area contributed by atoms with Crippen molar-refractivity contribution in [1.82, 2.24) is 14.6 Å². The Morgan fingerprint density at radius 1 is 1.35 bits per heavy atom. The van der Waals surface area contributed by atoms with Crippen LogP contribution in [-0.2, 0) is 11.3 Å². The Balaban J connectivity index is 1.81. The molecule has 0 aliphatic heterocycles. The van der Waals surface area contributed by atoms with Gasteiger partial charge in [0.1, 0.15) is 5.75 Å². The zero-order chi connectivity index (χ0) is 16.2. The third-order valence-electron chi connectivity index (χ3n) is 3.44. The molecule has 0 unspecified atom stereocenters. The third-order valence-corrected chi connectivity index (χ3v) is 3.44. The minimum atomic E-state index is -0.401. The number of nitrogens with zero attached hydrogens (tertiary/aromatic N) is 3. The summed E-state index contributed by atoms with van der Waals surface area (Å²) >= 11 is 0. The van der Waals surface area contributed by atoms with E-state index in [1.165, 1.54) is 7.11 Å². The Morgan fingerprint density at radius 3 is 3.00 bits per heavy atom. The van der Waals surface area contributed by atoms with Crippen LogP contribution in [0.5, 0.6) is 5.75 Å². The Morgan fingerprint density at radius 2 is 2.22 bits per heavy atom. The van der Waals surface area contributed by atoms with Crippen LogP contribution in [0.15, 0.2) is 42.9 Å². The van der Waals surface area contributed by atoms with Crippen LogP contribution in [0.3, 0.4) is 0 Å². The Labute approximate surface area is 132 Å². The number of nitrogens with one attached hydrogen (secondary N) is 1. The van der Waals surface area contributed by atoms with E-state index >= 15 is 0 Å². The van der Waals surface area contributed by atoms with Crippen molar-refractivity contribution in [2.75, 3.05) is 19.5 Å². The summed E-state index contributed by atoms with van der Waals surface area (Å²) in [5, 5.41) is 7.52. The molecule has 1 aromatic carbocycles. The van der Waals surface area contributed by atoms with Crippen molar-refractivity contribution in [3.63, 3.8) is 0 Å². The second-order valence-corrected chi connectivity index (χ2v) is 4.82. The van der Waals surface area contributed by atoms with E-state index in [2.05, 4.69) is 15.4 Å². The fourth-order valence-electron chi connectivity index (χ4n) is 2.27. The molecule has 7 heteroatoms. The van der Waals surface area contributed by atoms with E-state index in [0.29, 0.717) is 17.9 Å². The zero-order valence-corrected chi connectivity index (χ0v) is 12.8. The van der Waals surface area contributed by atoms with E-state index in [4.69, 9.17) is 9.47 Å². The molecule has 1 N–H and O–H groups in total. The molecule has 23 heavy (non-hydrogen) atoms. The maximum Gasteiger partial charge on any atom is 0.337 e. The molecular weight excluding hydrogens is 296 g/mol. The number of fused-ring (bicyclic) bond motifs is 1. The number of ether oxygens (including phenoxy) is 2. The van der Waals surface area contributed by atoms with Crippen LogP contribution in [0.1, 0.15) is 15.9 Å². The van der Waals surface area contributed by atoms with Gasteiger partial charge in [0.2, 0.25) is 0 Å². The van der Waals surface area contributed by atoms with E-state index in [1.807, 2.05) is 12.3 Å². The Hall–Kier alpha value is -3.09. The highest BCUT2D eigenvalue weighted by atomic mass is 16.5. The Kier molecular flexibility index (Phi) is 4.09. The number of carbonyl (C=O) groups is 1. The minimum absolute atomic E-state index is 0.401. The number of carbonyl (C=O) groups excluding carboxylic acids is 1. The van der Waals surface area contributed by atoms with Crippen molar-refractivity contribution in [3.8, 4) is 5.75 Å². The molecule has 7 nitrogen and oxygen atoms in total. The predicted octanol–water partition coefficient (Wildman–Crippen LogP) is 2.14. The molecule has 0 atom stereocenters. The number of anilines is 1. The first kappa shape index (κ1) is 14.8. The van der Waals surface area contributed by atoms with Gasteiger partial charge in [-0.3, -0.25) is 0 Å². The molecule has 2 aromatic heterocycles. The molecule has 0 fully saturated rings. The van der Waals surface area contributed by atoms with Gasteiger partial charge in [0.05, 0.1) is 31.7 Å². The summed E-state index contributed by atoms with van der Waals surface area (Å²) in [5.74, 6) is 0.166. The van der Waals surface area contributed by atoms with Gasteiger partial charge in [-0.1, -0.05) is 0 Å². The van der Waals surface area contributed by atoms with E-state index in [-0.39, 0.29) is 0 Å². The largest absolute Gasteiger partial charge is 0.495 e. The summed E-state index contributed by atoms with van der Waals surface area (Å²) in [5.41, 5.74) is 2.97. The topological polar surface area (TPSA) is 77.8 Å². The van der Waals surface area contributed by atoms with Gasteiger partial charge in [0, 0.05) is 24.5 Å². The minimum Gasteiger partial charge on any atom is -0.495 e. The number of aromatic nitrogens is 3. The predicted molar refractivity (Wildman–Crippen MR) is 84.6 cm³/mol. The number of benzene rings is 1. The molecule has 0 bridgehead atoms. The lowest BCUT2D eigenvalue weighted by Gasteiger charge is -2.11. The number of hydrogen-bond acceptors (Lipinski definition) is 6. The average Bonchev–Trinajstić information content (AvgIpc) is 3.02. The third kappa shape index (κ3) is 2.94. The van der Waals surface area contributed by atoms with Crippen molar-refractivity contribution in [2.24, 2.45) is 0 Å². The van der Waals surface area contributed by atoms with Crippen LogP contribution < -0.4 is 10.1 Å². The summed E-state index contributed by atoms with van der Waals surface area (Å²) in [6.07, 6.45) is 5.34. The molecule has 0 amide bonds. The molecule has 3 aromatic rings. The fraction of sp³-hybridized carbons (Fsp3) is 0.188. The summed E-state index contributed by atoms with van der Waals surface area (Å²) < 4.78 is 11.8. The quantitative estimate of drug-likeness (QED) is 0.727. The van der Waals surface area contributed by atoms with Gasteiger partial charge in [-0.2, -0.15) is 5.10 Å². The van der Waals surface area contributed by atoms with Crippen molar-refractivity contribution in [3.05, 3.63) is 54.0 Å². The lowest BCUT2D eigenvalue weighted by atomic mass is 10.2. The first-order valence-electron chi connectivity index (χ1n) is 7.00. The molecule has 0 aliphatic carbocycles. The van der Waals surface area contributed by atoms with Crippen molar-refractivity contribution < 1.29 is 14.3 Å². The summed E-state index contributed by atoms with van der Waals surface area (Å²) in [6.45, 7) is 0.536. The second-order valence-electron chi connectivity index (χ2n) is 4.82. The fourth-order valence-corrected chi connectivity index (χ4v) is 2.27. The normalized spacial score (nSPS) is 10.5. The van der Waals surface area contributed by atoms with Gasteiger partial charge < -0.3 is 14.8 Å². The average molecular weight is 312 g/mol. The zero-order valence-electron chi connectivity index (χ0n) is 12.8. The van der Waals surface area contributed by atoms with E-state index in [1.54, 1.807) is 42.2 Å². The molecule has 3 rings (SSSR count). The maximum absolute atomic E-state index is 11.6. The van der Waals surface area contributed by atoms with Crippen LogP contribution in [0.25, 0.3) is 5.65 Å². The van der Waals surface area contributed by atoms with Gasteiger partial charge in [-0.15, -0.1) is 0 Å². The SMILES string of the molecule is COC(=O)c1ccc(NCc2cnn3cccnc23)c(OC)c1. The lowest BCUT2D eigenvalue weighted by Crippen LogP contribution is -2.05. The first-order chi connectivity index (χ1) is 11.2. The van der Waals surface area contributed by atoms with E-state index in [9.17, 15) is 4.79 Å². The highest BCUT2D eigenvalue weighted by molar-refractivity contribution is 5.90. The second kappa shape index (κ2) is 6.35. The van der Waals surface area contributed by atoms with Crippen molar-refractivity contribution in [1.29, 1.82) is 0 Å². The van der Waals surface area contributed by atoms with Crippen molar-refractivity contribution in [2.45, 2.75) is 6.54 Å². The maximum atomic E-state index is 11.6. The molecule has 2 heterocycles. The van der Waals surface area contributed by atoms with E-state index in [0.717, 1.165) is 16.9 Å². The standard InChI is InChI=1S/C16H16N4O3/c1-22-14-8-11(16(21)23-2)4-5-13(14)18-9-12-10-19-20-7-3-6-17-15(12)20/h3-8,10,18H,9H2,1-2H3. The molecule has 0 radical (unpaired) electrons. The molecule has 0 saturated heterocycles. The molecule has 0 saturated carbocycles. The molecular formula is C16H16N4O3. The molecule has 118 valence electrons. The van der Waals surface area contributed by atoms with Gasteiger partial charge >= 0.3 is 5.97 Å². The van der Waals surface area contributed by atoms with Crippen LogP contribution in [0, 0.1) is 0 Å². The van der Waals surface area contributed by atoms with Gasteiger partial charge in [0.15, 0.2) is 5.65 Å². The van der Waals surface area contributed by atoms with Crippen molar-refractivity contribution >= 4 is 17.3 Å². The first-order valence-corrected chi connectivity index (χ1v) is 7.00. The lowest BCUT2D eigenvalue weighted by molar-refractivity contribution is 0.0600. The highest BCUT2D eigenvalue weighted by Crippen LogP contribution is 2.26. The smallest absolute Gasteiger partial charge is 0.337 e. The molecule has 0 aliphatic rings. The number of rotatable bonds is 5. The number of hydrogen-bond donors (Lipinski definition) is 1. The van der Waals surface area contributed by atoms with Crippen LogP contribution >= 0.6 is 0 Å². The summed E-state index contributed by atoms with van der Waals surface area (Å²) in [7, 11) is 2.90. The highest BCUT2D eigenvalue weighted by Gasteiger charge is 2.11. The number of esters is 1.